The predicted octanol–water partition coefficient (Wildman–Crippen LogP) is 7.07. The molecule has 2 aliphatic carbocycles. The summed E-state index contributed by atoms with van der Waals surface area (Å²) in [6.07, 6.45) is 16.3. The first kappa shape index (κ1) is 21.8. The van der Waals surface area contributed by atoms with Gasteiger partial charge in [0.2, 0.25) is 0 Å². The second-order valence-corrected chi connectivity index (χ2v) is 8.99. The summed E-state index contributed by atoms with van der Waals surface area (Å²) in [5.41, 5.74) is 0.188. The van der Waals surface area contributed by atoms with E-state index < -0.39 is 17.2 Å². The molecule has 2 fully saturated rings. The summed E-state index contributed by atoms with van der Waals surface area (Å²) in [5.74, 6) is 0.879. The number of aryl methyl sites for hydroxylation is 1. The third kappa shape index (κ3) is 6.29. The maximum atomic E-state index is 13.8. The molecule has 29 heavy (non-hydrogen) atoms. The standard InChI is InChI=1S/C25H33F2NO/c1-2-29-22-13-11-20(12-14-22)8-7-18-3-5-19(6-4-18)9-10-21-15-24(26)23(17-28)25(27)16-21/h2,15-16,18-20,22H,1,3-14H2. The number of halogens is 2. The van der Waals surface area contributed by atoms with Gasteiger partial charge in [0.1, 0.15) is 23.3 Å². The van der Waals surface area contributed by atoms with Crippen LogP contribution in [0.5, 0.6) is 0 Å². The largest absolute Gasteiger partial charge is 0.499 e. The molecule has 0 atom stereocenters. The van der Waals surface area contributed by atoms with Gasteiger partial charge >= 0.3 is 0 Å². The molecule has 0 spiro atoms. The Morgan fingerprint density at radius 3 is 1.86 bits per heavy atom. The Kier molecular flexibility index (Phi) is 8.09. The molecule has 0 saturated heterocycles. The maximum Gasteiger partial charge on any atom is 0.144 e. The van der Waals surface area contributed by atoms with Gasteiger partial charge in [0.15, 0.2) is 0 Å². The maximum absolute atomic E-state index is 13.8. The Morgan fingerprint density at radius 2 is 1.38 bits per heavy atom. The van der Waals surface area contributed by atoms with Gasteiger partial charge in [-0.1, -0.05) is 45.1 Å². The number of nitriles is 1. The fourth-order valence-electron chi connectivity index (χ4n) is 5.22. The third-order valence-electron chi connectivity index (χ3n) is 7.09. The summed E-state index contributed by atoms with van der Waals surface area (Å²) in [7, 11) is 0. The van der Waals surface area contributed by atoms with Crippen LogP contribution in [0.3, 0.4) is 0 Å². The number of hydrogen-bond acceptors (Lipinski definition) is 2. The molecular weight excluding hydrogens is 368 g/mol. The summed E-state index contributed by atoms with van der Waals surface area (Å²) in [6, 6.07) is 4.23. The van der Waals surface area contributed by atoms with Crippen LogP contribution >= 0.6 is 0 Å². The van der Waals surface area contributed by atoms with Gasteiger partial charge in [-0.15, -0.1) is 0 Å². The fourth-order valence-corrected chi connectivity index (χ4v) is 5.22. The van der Waals surface area contributed by atoms with E-state index in [1.165, 1.54) is 76.3 Å². The first-order valence-corrected chi connectivity index (χ1v) is 11.2. The molecule has 0 unspecified atom stereocenters. The Labute approximate surface area is 174 Å². The molecule has 2 saturated carbocycles. The van der Waals surface area contributed by atoms with Gasteiger partial charge in [-0.05, 0) is 74.0 Å². The van der Waals surface area contributed by atoms with Crippen molar-refractivity contribution in [3.8, 4) is 6.07 Å². The van der Waals surface area contributed by atoms with E-state index in [4.69, 9.17) is 10.00 Å². The predicted molar refractivity (Wildman–Crippen MR) is 111 cm³/mol. The summed E-state index contributed by atoms with van der Waals surface area (Å²) in [4.78, 5) is 0. The minimum absolute atomic E-state index is 0.386. The van der Waals surface area contributed by atoms with E-state index in [0.29, 0.717) is 24.0 Å². The molecule has 158 valence electrons. The zero-order chi connectivity index (χ0) is 20.6. The third-order valence-corrected chi connectivity index (χ3v) is 7.09. The van der Waals surface area contributed by atoms with Crippen molar-refractivity contribution in [1.29, 1.82) is 5.26 Å². The van der Waals surface area contributed by atoms with Crippen molar-refractivity contribution in [1.82, 2.24) is 0 Å². The topological polar surface area (TPSA) is 33.0 Å². The molecule has 0 aliphatic heterocycles. The van der Waals surface area contributed by atoms with Gasteiger partial charge in [0.25, 0.3) is 0 Å². The molecule has 1 aromatic carbocycles. The molecule has 0 bridgehead atoms. The van der Waals surface area contributed by atoms with Gasteiger partial charge in [0, 0.05) is 0 Å². The van der Waals surface area contributed by atoms with E-state index in [1.54, 1.807) is 12.3 Å². The summed E-state index contributed by atoms with van der Waals surface area (Å²) in [6.45, 7) is 3.66. The van der Waals surface area contributed by atoms with Gasteiger partial charge in [-0.3, -0.25) is 0 Å². The Morgan fingerprint density at radius 1 is 0.897 bits per heavy atom. The number of nitrogens with zero attached hydrogens (tertiary/aromatic N) is 1. The molecule has 0 radical (unpaired) electrons. The second-order valence-electron chi connectivity index (χ2n) is 8.99. The van der Waals surface area contributed by atoms with Crippen LogP contribution in [-0.4, -0.2) is 6.10 Å². The normalized spacial score (nSPS) is 27.2. The zero-order valence-corrected chi connectivity index (χ0v) is 17.3. The molecule has 2 nitrogen and oxygen atoms in total. The van der Waals surface area contributed by atoms with E-state index >= 15 is 0 Å². The van der Waals surface area contributed by atoms with Crippen LogP contribution in [0, 0.1) is 40.7 Å². The molecule has 4 heteroatoms. The minimum atomic E-state index is -0.740. The van der Waals surface area contributed by atoms with Crippen LogP contribution in [0.25, 0.3) is 0 Å². The summed E-state index contributed by atoms with van der Waals surface area (Å²) in [5, 5.41) is 8.77. The van der Waals surface area contributed by atoms with E-state index in [2.05, 4.69) is 6.58 Å². The number of benzene rings is 1. The van der Waals surface area contributed by atoms with E-state index in [0.717, 1.165) is 18.3 Å². The molecule has 2 aliphatic rings. The first-order valence-electron chi connectivity index (χ1n) is 11.2. The highest BCUT2D eigenvalue weighted by molar-refractivity contribution is 5.35. The lowest BCUT2D eigenvalue weighted by molar-refractivity contribution is 0.0846. The fraction of sp³-hybridized carbons (Fsp3) is 0.640. The van der Waals surface area contributed by atoms with Crippen LogP contribution in [0.1, 0.15) is 81.8 Å². The van der Waals surface area contributed by atoms with Gasteiger partial charge in [-0.2, -0.15) is 5.26 Å². The summed E-state index contributed by atoms with van der Waals surface area (Å²) < 4.78 is 33.0. The SMILES string of the molecule is C=COC1CCC(CCC2CCC(CCc3cc(F)c(C#N)c(F)c3)CC2)CC1. The quantitative estimate of drug-likeness (QED) is 0.436. The number of ether oxygens (including phenoxy) is 1. The zero-order valence-electron chi connectivity index (χ0n) is 17.3. The van der Waals surface area contributed by atoms with Crippen LogP contribution < -0.4 is 0 Å². The van der Waals surface area contributed by atoms with Crippen LogP contribution in [0.15, 0.2) is 25.0 Å². The van der Waals surface area contributed by atoms with Crippen LogP contribution in [-0.2, 0) is 11.2 Å². The van der Waals surface area contributed by atoms with Gasteiger partial charge in [-0.25, -0.2) is 8.78 Å². The number of hydrogen-bond donors (Lipinski definition) is 0. The second kappa shape index (κ2) is 10.8. The molecule has 0 amide bonds. The van der Waals surface area contributed by atoms with Crippen molar-refractivity contribution in [3.05, 3.63) is 47.7 Å². The van der Waals surface area contributed by atoms with Crippen molar-refractivity contribution >= 4 is 0 Å². The van der Waals surface area contributed by atoms with Crippen molar-refractivity contribution < 1.29 is 13.5 Å². The first-order chi connectivity index (χ1) is 14.1. The highest BCUT2D eigenvalue weighted by Crippen LogP contribution is 2.37. The van der Waals surface area contributed by atoms with Crippen molar-refractivity contribution in [2.24, 2.45) is 17.8 Å². The Hall–Kier alpha value is -1.89. The minimum Gasteiger partial charge on any atom is -0.499 e. The number of rotatable bonds is 8. The average molecular weight is 402 g/mol. The molecule has 0 N–H and O–H groups in total. The van der Waals surface area contributed by atoms with Gasteiger partial charge < -0.3 is 4.74 Å². The average Bonchev–Trinajstić information content (AvgIpc) is 2.72. The Balaban J connectivity index is 1.34. The van der Waals surface area contributed by atoms with Crippen molar-refractivity contribution in [3.63, 3.8) is 0 Å². The molecule has 0 heterocycles. The van der Waals surface area contributed by atoms with E-state index in [1.807, 2.05) is 0 Å². The lowest BCUT2D eigenvalue weighted by Crippen LogP contribution is -2.21. The molecule has 0 aromatic heterocycles. The Bertz CT molecular complexity index is 687. The highest BCUT2D eigenvalue weighted by atomic mass is 19.1. The van der Waals surface area contributed by atoms with Crippen molar-refractivity contribution in [2.45, 2.75) is 83.2 Å². The van der Waals surface area contributed by atoms with Crippen LogP contribution in [0.4, 0.5) is 8.78 Å². The van der Waals surface area contributed by atoms with Gasteiger partial charge in [0.05, 0.1) is 12.4 Å². The molecule has 3 rings (SSSR count). The monoisotopic (exact) mass is 401 g/mol. The summed E-state index contributed by atoms with van der Waals surface area (Å²) >= 11 is 0. The van der Waals surface area contributed by atoms with E-state index in [-0.39, 0.29) is 0 Å². The lowest BCUT2D eigenvalue weighted by atomic mass is 9.75. The smallest absolute Gasteiger partial charge is 0.144 e. The highest BCUT2D eigenvalue weighted by Gasteiger charge is 2.25. The lowest BCUT2D eigenvalue weighted by Gasteiger charge is -2.31. The molecular formula is C25H33F2NO. The molecule has 1 aromatic rings. The van der Waals surface area contributed by atoms with E-state index in [9.17, 15) is 8.78 Å². The van der Waals surface area contributed by atoms with Crippen molar-refractivity contribution in [2.75, 3.05) is 0 Å². The van der Waals surface area contributed by atoms with Crippen LogP contribution in [0.2, 0.25) is 0 Å².